The molecule has 46 heavy (non-hydrogen) atoms. The summed E-state index contributed by atoms with van der Waals surface area (Å²) in [5.41, 5.74) is 2.98. The van der Waals surface area contributed by atoms with Crippen molar-refractivity contribution in [2.24, 2.45) is 5.10 Å². The van der Waals surface area contributed by atoms with Gasteiger partial charge in [0.15, 0.2) is 6.61 Å². The van der Waals surface area contributed by atoms with E-state index in [-0.39, 0.29) is 41.4 Å². The molecule has 244 valence electrons. The molecule has 14 heteroatoms. The van der Waals surface area contributed by atoms with Crippen molar-refractivity contribution in [3.8, 4) is 5.75 Å². The summed E-state index contributed by atoms with van der Waals surface area (Å²) in [7, 11) is -8.13. The van der Waals surface area contributed by atoms with Gasteiger partial charge in [-0.15, -0.1) is 0 Å². The van der Waals surface area contributed by atoms with Crippen LogP contribution in [0.15, 0.2) is 99.8 Å². The van der Waals surface area contributed by atoms with Crippen LogP contribution in [0.2, 0.25) is 0 Å². The van der Waals surface area contributed by atoms with E-state index >= 15 is 0 Å². The molecule has 2 aliphatic rings. The molecule has 1 atom stereocenters. The van der Waals surface area contributed by atoms with E-state index in [1.807, 2.05) is 0 Å². The summed E-state index contributed by atoms with van der Waals surface area (Å²) in [5.74, 6) is -0.460. The fraction of sp³-hybridized carbons (Fsp3) is 0.344. The summed E-state index contributed by atoms with van der Waals surface area (Å²) < 4.78 is 61.5. The predicted molar refractivity (Wildman–Crippen MR) is 172 cm³/mol. The van der Waals surface area contributed by atoms with Gasteiger partial charge in [0.2, 0.25) is 20.0 Å². The molecule has 1 unspecified atom stereocenters. The Morgan fingerprint density at radius 2 is 1.41 bits per heavy atom. The van der Waals surface area contributed by atoms with E-state index in [4.69, 9.17) is 4.74 Å². The molecule has 2 amide bonds. The third-order valence-electron chi connectivity index (χ3n) is 7.94. The third-order valence-corrected chi connectivity index (χ3v) is 11.7. The Bertz CT molecular complexity index is 1730. The Hall–Kier alpha value is -4.11. The molecule has 2 fully saturated rings. The van der Waals surface area contributed by atoms with Gasteiger partial charge >= 0.3 is 0 Å². The number of hydrogen-bond donors (Lipinski definition) is 2. The maximum atomic E-state index is 13.6. The first-order chi connectivity index (χ1) is 22.1. The number of hydrazone groups is 1. The summed E-state index contributed by atoms with van der Waals surface area (Å²) in [5, 5.41) is 7.01. The zero-order valence-electron chi connectivity index (χ0n) is 25.2. The second-order valence-electron chi connectivity index (χ2n) is 11.1. The largest absolute Gasteiger partial charge is 0.484 e. The standard InChI is InChI=1S/C32H37N5O7S2/c38-31(34-26-10-4-1-5-11-26)24-44-27-18-16-25(17-19-27)22-33-35-32(39)30-23-36(45(40,41)28-12-6-2-7-13-28)20-21-37(30)46(42,43)29-14-8-3-9-15-29/h2-3,6-9,12-19,22,26,30H,1,4-5,10-11,20-21,23-24H2,(H,34,38)(H,35,39)/b33-22+. The van der Waals surface area contributed by atoms with Crippen LogP contribution in [0, 0.1) is 0 Å². The van der Waals surface area contributed by atoms with Gasteiger partial charge in [0.1, 0.15) is 11.8 Å². The van der Waals surface area contributed by atoms with Crippen LogP contribution in [-0.4, -0.2) is 81.8 Å². The summed E-state index contributed by atoms with van der Waals surface area (Å²) in [6, 6.07) is 21.0. The highest BCUT2D eigenvalue weighted by atomic mass is 32.2. The van der Waals surface area contributed by atoms with Crippen LogP contribution in [-0.2, 0) is 29.6 Å². The van der Waals surface area contributed by atoms with Crippen molar-refractivity contribution >= 4 is 38.1 Å². The molecule has 12 nitrogen and oxygen atoms in total. The third kappa shape index (κ3) is 8.18. The topological polar surface area (TPSA) is 155 Å². The number of nitrogens with zero attached hydrogens (tertiary/aromatic N) is 3. The highest BCUT2D eigenvalue weighted by Crippen LogP contribution is 2.25. The number of nitrogens with one attached hydrogen (secondary N) is 2. The van der Waals surface area contributed by atoms with E-state index in [0.29, 0.717) is 11.3 Å². The molecule has 1 heterocycles. The van der Waals surface area contributed by atoms with Crippen LogP contribution < -0.4 is 15.5 Å². The van der Waals surface area contributed by atoms with Gasteiger partial charge in [0, 0.05) is 25.7 Å². The molecule has 0 radical (unpaired) electrons. The number of sulfonamides is 2. The lowest BCUT2D eigenvalue weighted by atomic mass is 9.95. The van der Waals surface area contributed by atoms with Gasteiger partial charge in [0.25, 0.3) is 11.8 Å². The number of carbonyl (C=O) groups is 2. The Morgan fingerprint density at radius 3 is 2.04 bits per heavy atom. The molecule has 0 aromatic heterocycles. The van der Waals surface area contributed by atoms with Crippen LogP contribution in [0.1, 0.15) is 37.7 Å². The second-order valence-corrected chi connectivity index (χ2v) is 14.9. The van der Waals surface area contributed by atoms with E-state index in [0.717, 1.165) is 34.3 Å². The molecule has 2 N–H and O–H groups in total. The molecular weight excluding hydrogens is 631 g/mol. The monoisotopic (exact) mass is 667 g/mol. The number of carbonyl (C=O) groups excluding carboxylic acids is 2. The quantitative estimate of drug-likeness (QED) is 0.236. The van der Waals surface area contributed by atoms with Crippen LogP contribution in [0.3, 0.4) is 0 Å². The van der Waals surface area contributed by atoms with Crippen molar-refractivity contribution < 1.29 is 31.2 Å². The maximum absolute atomic E-state index is 13.6. The molecule has 5 rings (SSSR count). The normalized spacial score (nSPS) is 18.7. The van der Waals surface area contributed by atoms with E-state index in [1.54, 1.807) is 60.7 Å². The van der Waals surface area contributed by atoms with Crippen molar-refractivity contribution in [1.82, 2.24) is 19.4 Å². The lowest BCUT2D eigenvalue weighted by Crippen LogP contribution is -2.60. The lowest BCUT2D eigenvalue weighted by Gasteiger charge is -2.38. The van der Waals surface area contributed by atoms with Crippen LogP contribution in [0.5, 0.6) is 5.75 Å². The van der Waals surface area contributed by atoms with Crippen molar-refractivity contribution in [3.63, 3.8) is 0 Å². The zero-order chi connectivity index (χ0) is 32.6. The van der Waals surface area contributed by atoms with E-state index in [9.17, 15) is 26.4 Å². The smallest absolute Gasteiger partial charge is 0.259 e. The SMILES string of the molecule is O=C(COc1ccc(/C=N/NC(=O)C2CN(S(=O)(=O)c3ccccc3)CCN2S(=O)(=O)c2ccccc2)cc1)NC1CCCCC1. The predicted octanol–water partition coefficient (Wildman–Crippen LogP) is 2.73. The fourth-order valence-electron chi connectivity index (χ4n) is 5.49. The first-order valence-corrected chi connectivity index (χ1v) is 18.0. The maximum Gasteiger partial charge on any atom is 0.259 e. The Kier molecular flexibility index (Phi) is 10.8. The molecule has 1 saturated carbocycles. The molecule has 1 aliphatic carbocycles. The van der Waals surface area contributed by atoms with Crippen molar-refractivity contribution in [2.45, 2.75) is 54.0 Å². The lowest BCUT2D eigenvalue weighted by molar-refractivity contribution is -0.126. The zero-order valence-corrected chi connectivity index (χ0v) is 26.8. The highest BCUT2D eigenvalue weighted by molar-refractivity contribution is 7.89. The van der Waals surface area contributed by atoms with Crippen LogP contribution in [0.25, 0.3) is 0 Å². The van der Waals surface area contributed by atoms with Gasteiger partial charge in [-0.05, 0) is 66.9 Å². The Labute approximate surface area is 269 Å². The van der Waals surface area contributed by atoms with Crippen molar-refractivity contribution in [3.05, 3.63) is 90.5 Å². The number of amides is 2. The fourth-order valence-corrected chi connectivity index (χ4v) is 8.54. The highest BCUT2D eigenvalue weighted by Gasteiger charge is 2.43. The van der Waals surface area contributed by atoms with Crippen molar-refractivity contribution in [1.29, 1.82) is 0 Å². The average Bonchev–Trinajstić information content (AvgIpc) is 3.09. The summed E-state index contributed by atoms with van der Waals surface area (Å²) in [6.45, 7) is -0.857. The van der Waals surface area contributed by atoms with E-state index < -0.39 is 38.5 Å². The second kappa shape index (κ2) is 15.0. The minimum atomic E-state index is -4.14. The molecule has 3 aromatic rings. The van der Waals surface area contributed by atoms with Gasteiger partial charge in [-0.25, -0.2) is 22.3 Å². The Balaban J connectivity index is 1.24. The number of rotatable bonds is 11. The molecule has 0 spiro atoms. The first-order valence-electron chi connectivity index (χ1n) is 15.1. The summed E-state index contributed by atoms with van der Waals surface area (Å²) in [6.07, 6.45) is 6.79. The van der Waals surface area contributed by atoms with Crippen LogP contribution >= 0.6 is 0 Å². The van der Waals surface area contributed by atoms with Gasteiger partial charge < -0.3 is 10.1 Å². The number of ether oxygens (including phenoxy) is 1. The van der Waals surface area contributed by atoms with Gasteiger partial charge in [0.05, 0.1) is 16.0 Å². The molecule has 0 bridgehead atoms. The minimum absolute atomic E-state index is 0.00977. The van der Waals surface area contributed by atoms with E-state index in [2.05, 4.69) is 15.8 Å². The van der Waals surface area contributed by atoms with Gasteiger partial charge in [-0.1, -0.05) is 55.7 Å². The minimum Gasteiger partial charge on any atom is -0.484 e. The van der Waals surface area contributed by atoms with E-state index in [1.165, 1.54) is 36.9 Å². The number of hydrogen-bond acceptors (Lipinski definition) is 8. The Morgan fingerprint density at radius 1 is 0.804 bits per heavy atom. The molecule has 1 saturated heterocycles. The summed E-state index contributed by atoms with van der Waals surface area (Å²) >= 11 is 0. The molecular formula is C32H37N5O7S2. The van der Waals surface area contributed by atoms with Gasteiger partial charge in [-0.3, -0.25) is 9.59 Å². The average molecular weight is 668 g/mol. The van der Waals surface area contributed by atoms with Gasteiger partial charge in [-0.2, -0.15) is 13.7 Å². The molecule has 3 aromatic carbocycles. The molecule has 1 aliphatic heterocycles. The van der Waals surface area contributed by atoms with Crippen LogP contribution in [0.4, 0.5) is 0 Å². The summed E-state index contributed by atoms with van der Waals surface area (Å²) in [4.78, 5) is 25.7. The first kappa shape index (κ1) is 33.3. The number of piperazine rings is 1. The van der Waals surface area contributed by atoms with Crippen molar-refractivity contribution in [2.75, 3.05) is 26.2 Å². The number of benzene rings is 3.